The first kappa shape index (κ1) is 11.6. The zero-order chi connectivity index (χ0) is 10.6. The molecule has 0 unspecified atom stereocenters. The molecule has 0 saturated carbocycles. The van der Waals surface area contributed by atoms with Crippen molar-refractivity contribution in [2.75, 3.05) is 0 Å². The molecule has 1 aromatic carbocycles. The summed E-state index contributed by atoms with van der Waals surface area (Å²) in [5, 5.41) is 12.1. The van der Waals surface area contributed by atoms with Crippen LogP contribution >= 0.6 is 15.9 Å². The van der Waals surface area contributed by atoms with Crippen LogP contribution in [0, 0.1) is 5.82 Å². The largest absolute Gasteiger partial charge is 0.379 e. The first-order chi connectivity index (χ1) is 6.65. The zero-order valence-corrected chi connectivity index (χ0v) is 9.51. The minimum absolute atomic E-state index is 0.282. The molecule has 0 heterocycles. The van der Waals surface area contributed by atoms with Crippen LogP contribution in [0.15, 0.2) is 22.7 Å². The summed E-state index contributed by atoms with van der Waals surface area (Å²) in [7, 11) is 0. The molecule has 0 aliphatic rings. The van der Waals surface area contributed by atoms with Crippen LogP contribution in [-0.2, 0) is 6.54 Å². The lowest BCUT2D eigenvalue weighted by Gasteiger charge is -2.11. The first-order valence-corrected chi connectivity index (χ1v) is 5.28. The van der Waals surface area contributed by atoms with Gasteiger partial charge in [0.1, 0.15) is 12.0 Å². The third-order valence-electron chi connectivity index (χ3n) is 1.95. The van der Waals surface area contributed by atoms with Gasteiger partial charge in [-0.2, -0.15) is 0 Å². The van der Waals surface area contributed by atoms with Crippen molar-refractivity contribution in [2.24, 2.45) is 0 Å². The summed E-state index contributed by atoms with van der Waals surface area (Å²) in [4.78, 5) is 0. The molecule has 0 aliphatic carbocycles. The van der Waals surface area contributed by atoms with Crippen molar-refractivity contribution >= 4 is 15.9 Å². The van der Waals surface area contributed by atoms with E-state index in [1.807, 2.05) is 13.0 Å². The van der Waals surface area contributed by atoms with Crippen LogP contribution in [0.3, 0.4) is 0 Å². The Morgan fingerprint density at radius 1 is 1.57 bits per heavy atom. The molecule has 0 aliphatic heterocycles. The van der Waals surface area contributed by atoms with E-state index < -0.39 is 6.23 Å². The van der Waals surface area contributed by atoms with E-state index in [1.54, 1.807) is 6.07 Å². The highest BCUT2D eigenvalue weighted by atomic mass is 79.9. The molecule has 2 N–H and O–H groups in total. The third kappa shape index (κ3) is 3.04. The van der Waals surface area contributed by atoms with Crippen LogP contribution < -0.4 is 5.32 Å². The van der Waals surface area contributed by atoms with Crippen molar-refractivity contribution in [1.29, 1.82) is 0 Å². The molecule has 1 atom stereocenters. The summed E-state index contributed by atoms with van der Waals surface area (Å²) in [6.07, 6.45) is 0.0950. The number of aliphatic hydroxyl groups excluding tert-OH is 1. The summed E-state index contributed by atoms with van der Waals surface area (Å²) < 4.78 is 13.5. The normalized spacial score (nSPS) is 12.9. The molecule has 0 saturated heterocycles. The third-order valence-corrected chi connectivity index (χ3v) is 2.83. The molecule has 0 bridgehead atoms. The van der Waals surface area contributed by atoms with Crippen molar-refractivity contribution < 1.29 is 9.50 Å². The van der Waals surface area contributed by atoms with Crippen molar-refractivity contribution in [3.05, 3.63) is 34.1 Å². The van der Waals surface area contributed by atoms with Gasteiger partial charge in [0.15, 0.2) is 0 Å². The van der Waals surface area contributed by atoms with Gasteiger partial charge in [0, 0.05) is 6.54 Å². The van der Waals surface area contributed by atoms with Gasteiger partial charge in [-0.05, 0) is 34.0 Å². The van der Waals surface area contributed by atoms with Gasteiger partial charge in [-0.15, -0.1) is 0 Å². The molecular weight excluding hydrogens is 249 g/mol. The molecule has 0 aromatic heterocycles. The van der Waals surface area contributed by atoms with Crippen LogP contribution in [0.25, 0.3) is 0 Å². The standard InChI is InChI=1S/C10H13BrFNO/c1-2-9(14)13-6-7-4-3-5-8(12)10(7)11/h3-5,9,13-14H,2,6H2,1H3/t9-/m1/s1. The fraction of sp³-hybridized carbons (Fsp3) is 0.400. The minimum Gasteiger partial charge on any atom is -0.379 e. The lowest BCUT2D eigenvalue weighted by Crippen LogP contribution is -2.27. The van der Waals surface area contributed by atoms with Crippen molar-refractivity contribution in [2.45, 2.75) is 26.1 Å². The Hall–Kier alpha value is -0.450. The van der Waals surface area contributed by atoms with E-state index in [0.29, 0.717) is 17.4 Å². The van der Waals surface area contributed by atoms with Crippen molar-refractivity contribution in [1.82, 2.24) is 5.32 Å². The molecule has 0 spiro atoms. The molecule has 4 heteroatoms. The van der Waals surface area contributed by atoms with Crippen LogP contribution in [-0.4, -0.2) is 11.3 Å². The maximum atomic E-state index is 13.0. The van der Waals surface area contributed by atoms with Gasteiger partial charge in [-0.3, -0.25) is 5.32 Å². The topological polar surface area (TPSA) is 32.3 Å². The van der Waals surface area contributed by atoms with Gasteiger partial charge < -0.3 is 5.11 Å². The lowest BCUT2D eigenvalue weighted by atomic mass is 10.2. The Bertz CT molecular complexity index is 306. The highest BCUT2D eigenvalue weighted by Crippen LogP contribution is 2.20. The quantitative estimate of drug-likeness (QED) is 0.817. The van der Waals surface area contributed by atoms with Crippen molar-refractivity contribution in [3.8, 4) is 0 Å². The number of rotatable bonds is 4. The van der Waals surface area contributed by atoms with E-state index in [1.165, 1.54) is 6.07 Å². The number of halogens is 2. The molecule has 0 radical (unpaired) electrons. The predicted molar refractivity (Wildman–Crippen MR) is 57.2 cm³/mol. The molecular formula is C10H13BrFNO. The van der Waals surface area contributed by atoms with E-state index in [2.05, 4.69) is 21.2 Å². The average molecular weight is 262 g/mol. The lowest BCUT2D eigenvalue weighted by molar-refractivity contribution is 0.131. The Balaban J connectivity index is 2.63. The molecule has 1 rings (SSSR count). The summed E-state index contributed by atoms with van der Waals surface area (Å²) in [6, 6.07) is 4.85. The van der Waals surface area contributed by atoms with Gasteiger partial charge in [-0.1, -0.05) is 19.1 Å². The Labute approximate surface area is 91.3 Å². The monoisotopic (exact) mass is 261 g/mol. The van der Waals surface area contributed by atoms with Crippen molar-refractivity contribution in [3.63, 3.8) is 0 Å². The summed E-state index contributed by atoms with van der Waals surface area (Å²) in [6.45, 7) is 2.33. The number of hydrogen-bond acceptors (Lipinski definition) is 2. The molecule has 0 fully saturated rings. The maximum Gasteiger partial charge on any atom is 0.137 e. The van der Waals surface area contributed by atoms with E-state index in [0.717, 1.165) is 5.56 Å². The summed E-state index contributed by atoms with van der Waals surface area (Å²) in [5.74, 6) is -0.282. The molecule has 1 aromatic rings. The maximum absolute atomic E-state index is 13.0. The van der Waals surface area contributed by atoms with Crippen LogP contribution in [0.1, 0.15) is 18.9 Å². The van der Waals surface area contributed by atoms with Gasteiger partial charge in [0.25, 0.3) is 0 Å². The van der Waals surface area contributed by atoms with Gasteiger partial charge >= 0.3 is 0 Å². The molecule has 78 valence electrons. The predicted octanol–water partition coefficient (Wildman–Crippen LogP) is 2.41. The smallest absolute Gasteiger partial charge is 0.137 e. The van der Waals surface area contributed by atoms with E-state index >= 15 is 0 Å². The minimum atomic E-state index is -0.537. The summed E-state index contributed by atoms with van der Waals surface area (Å²) in [5.41, 5.74) is 0.803. The fourth-order valence-corrected chi connectivity index (χ4v) is 1.46. The second-order valence-electron chi connectivity index (χ2n) is 3.02. The van der Waals surface area contributed by atoms with E-state index in [9.17, 15) is 9.50 Å². The second-order valence-corrected chi connectivity index (χ2v) is 3.81. The first-order valence-electron chi connectivity index (χ1n) is 4.49. The SMILES string of the molecule is CC[C@@H](O)NCc1cccc(F)c1Br. The molecule has 0 amide bonds. The second kappa shape index (κ2) is 5.44. The van der Waals surface area contributed by atoms with Crippen LogP contribution in [0.5, 0.6) is 0 Å². The van der Waals surface area contributed by atoms with E-state index in [-0.39, 0.29) is 5.82 Å². The summed E-state index contributed by atoms with van der Waals surface area (Å²) >= 11 is 3.16. The van der Waals surface area contributed by atoms with Crippen LogP contribution in [0.4, 0.5) is 4.39 Å². The van der Waals surface area contributed by atoms with Gasteiger partial charge in [0.2, 0.25) is 0 Å². The number of aliphatic hydroxyl groups is 1. The van der Waals surface area contributed by atoms with Crippen LogP contribution in [0.2, 0.25) is 0 Å². The Morgan fingerprint density at radius 2 is 2.29 bits per heavy atom. The Morgan fingerprint density at radius 3 is 2.93 bits per heavy atom. The number of benzene rings is 1. The fourth-order valence-electron chi connectivity index (χ4n) is 1.06. The molecule has 14 heavy (non-hydrogen) atoms. The highest BCUT2D eigenvalue weighted by molar-refractivity contribution is 9.10. The van der Waals surface area contributed by atoms with Gasteiger partial charge in [0.05, 0.1) is 4.47 Å². The zero-order valence-electron chi connectivity index (χ0n) is 7.93. The van der Waals surface area contributed by atoms with E-state index in [4.69, 9.17) is 0 Å². The number of hydrogen-bond donors (Lipinski definition) is 2. The number of nitrogens with one attached hydrogen (secondary N) is 1. The molecule has 2 nitrogen and oxygen atoms in total. The Kier molecular flexibility index (Phi) is 4.51. The highest BCUT2D eigenvalue weighted by Gasteiger charge is 2.06. The average Bonchev–Trinajstić information content (AvgIpc) is 2.20. The van der Waals surface area contributed by atoms with Gasteiger partial charge in [-0.25, -0.2) is 4.39 Å².